The molecule has 1 aliphatic carbocycles. The number of pyridine rings is 1. The summed E-state index contributed by atoms with van der Waals surface area (Å²) in [5.74, 6) is 0.950. The van der Waals surface area contributed by atoms with Gasteiger partial charge >= 0.3 is 5.97 Å². The number of piperidine rings is 1. The summed E-state index contributed by atoms with van der Waals surface area (Å²) >= 11 is 6.49. The summed E-state index contributed by atoms with van der Waals surface area (Å²) < 4.78 is 5.37. The molecule has 0 bridgehead atoms. The maximum Gasteiger partial charge on any atom is 0.309 e. The molecule has 168 valence electrons. The smallest absolute Gasteiger partial charge is 0.309 e. The number of carbonyl (C=O) groups is 1. The van der Waals surface area contributed by atoms with Gasteiger partial charge in [0.25, 0.3) is 0 Å². The number of aliphatic carboxylic acids is 1. The second-order valence-corrected chi connectivity index (χ2v) is 9.77. The number of rotatable bonds is 8. The fraction of sp³-hybridized carbons (Fsp3) is 0.600. The molecule has 5 nitrogen and oxygen atoms in total. The van der Waals surface area contributed by atoms with Gasteiger partial charge in [-0.05, 0) is 87.7 Å². The molecule has 1 N–H and O–H groups in total. The van der Waals surface area contributed by atoms with Gasteiger partial charge in [-0.3, -0.25) is 9.78 Å². The highest BCUT2D eigenvalue weighted by atomic mass is 35.5. The van der Waals surface area contributed by atoms with Crippen molar-refractivity contribution in [3.05, 3.63) is 35.0 Å². The average Bonchev–Trinajstić information content (AvgIpc) is 3.29. The third-order valence-electron chi connectivity index (χ3n) is 7.47. The van der Waals surface area contributed by atoms with E-state index in [1.165, 1.54) is 25.7 Å². The van der Waals surface area contributed by atoms with Crippen molar-refractivity contribution in [1.29, 1.82) is 0 Å². The number of halogens is 1. The van der Waals surface area contributed by atoms with Crippen LogP contribution in [0.3, 0.4) is 0 Å². The van der Waals surface area contributed by atoms with E-state index >= 15 is 0 Å². The molecule has 4 rings (SSSR count). The Bertz CT molecular complexity index is 918. The van der Waals surface area contributed by atoms with Crippen molar-refractivity contribution in [2.24, 2.45) is 11.3 Å². The topological polar surface area (TPSA) is 62.7 Å². The summed E-state index contributed by atoms with van der Waals surface area (Å²) in [6, 6.07) is 5.80. The van der Waals surface area contributed by atoms with Crippen LogP contribution in [0.2, 0.25) is 5.02 Å². The predicted molar refractivity (Wildman–Crippen MR) is 124 cm³/mol. The van der Waals surface area contributed by atoms with Gasteiger partial charge in [-0.1, -0.05) is 24.4 Å². The Labute approximate surface area is 189 Å². The van der Waals surface area contributed by atoms with E-state index in [0.29, 0.717) is 11.4 Å². The van der Waals surface area contributed by atoms with Crippen LogP contribution in [-0.4, -0.2) is 47.7 Å². The van der Waals surface area contributed by atoms with Crippen LogP contribution in [0.4, 0.5) is 0 Å². The number of aryl methyl sites for hydroxylation is 1. The Morgan fingerprint density at radius 1 is 1.29 bits per heavy atom. The standard InChI is InChI=1S/C25H33ClN2O3/c1-31-19-8-9-23-21(15-19)20(22(26)16-27-23)7-4-10-25(24(29)30)11-13-28(14-12-25)17-18-5-2-3-6-18/h8-9,15-16,18H,2-7,10-14,17H2,1H3,(H,29,30). The SMILES string of the molecule is COc1ccc2ncc(Cl)c(CCCC3(C(=O)O)CCN(CC4CCCC4)CC3)c2c1. The summed E-state index contributed by atoms with van der Waals surface area (Å²) in [7, 11) is 1.65. The van der Waals surface area contributed by atoms with E-state index in [0.717, 1.165) is 73.5 Å². The van der Waals surface area contributed by atoms with Crippen LogP contribution < -0.4 is 4.74 Å². The van der Waals surface area contributed by atoms with E-state index in [1.807, 2.05) is 18.2 Å². The van der Waals surface area contributed by atoms with Gasteiger partial charge < -0.3 is 14.7 Å². The number of benzene rings is 1. The largest absolute Gasteiger partial charge is 0.497 e. The van der Waals surface area contributed by atoms with E-state index in [2.05, 4.69) is 9.88 Å². The molecule has 0 amide bonds. The second kappa shape index (κ2) is 9.74. The van der Waals surface area contributed by atoms with E-state index in [-0.39, 0.29) is 0 Å². The molecule has 2 aromatic rings. The Morgan fingerprint density at radius 2 is 2.03 bits per heavy atom. The number of likely N-dealkylation sites (tertiary alicyclic amines) is 1. The summed E-state index contributed by atoms with van der Waals surface area (Å²) in [6.07, 6.45) is 10.8. The van der Waals surface area contributed by atoms with Crippen molar-refractivity contribution in [3.63, 3.8) is 0 Å². The van der Waals surface area contributed by atoms with E-state index in [1.54, 1.807) is 13.3 Å². The fourth-order valence-corrected chi connectivity index (χ4v) is 5.72. The number of carboxylic acid groups (broad SMARTS) is 1. The monoisotopic (exact) mass is 444 g/mol. The molecular weight excluding hydrogens is 412 g/mol. The van der Waals surface area contributed by atoms with Gasteiger partial charge in [-0.25, -0.2) is 0 Å². The van der Waals surface area contributed by atoms with Crippen molar-refractivity contribution in [3.8, 4) is 5.75 Å². The molecule has 0 atom stereocenters. The summed E-state index contributed by atoms with van der Waals surface area (Å²) in [6.45, 7) is 2.95. The van der Waals surface area contributed by atoms with Crippen LogP contribution in [0.15, 0.2) is 24.4 Å². The number of aromatic nitrogens is 1. The zero-order chi connectivity index (χ0) is 21.8. The van der Waals surface area contributed by atoms with Crippen molar-refractivity contribution in [2.45, 2.75) is 57.8 Å². The highest BCUT2D eigenvalue weighted by molar-refractivity contribution is 6.32. The fourth-order valence-electron chi connectivity index (χ4n) is 5.48. The minimum absolute atomic E-state index is 0.612. The first kappa shape index (κ1) is 22.3. The van der Waals surface area contributed by atoms with Crippen molar-refractivity contribution >= 4 is 28.5 Å². The van der Waals surface area contributed by atoms with E-state index < -0.39 is 11.4 Å². The van der Waals surface area contributed by atoms with Crippen LogP contribution in [-0.2, 0) is 11.2 Å². The third-order valence-corrected chi connectivity index (χ3v) is 7.80. The molecule has 1 saturated carbocycles. The number of methoxy groups -OCH3 is 1. The van der Waals surface area contributed by atoms with Crippen LogP contribution in [0.5, 0.6) is 5.75 Å². The first-order valence-corrected chi connectivity index (χ1v) is 12.0. The van der Waals surface area contributed by atoms with Gasteiger partial charge in [0.1, 0.15) is 5.75 Å². The number of nitrogens with zero attached hydrogens (tertiary/aromatic N) is 2. The summed E-state index contributed by atoms with van der Waals surface area (Å²) in [5, 5.41) is 11.7. The molecule has 0 unspecified atom stereocenters. The average molecular weight is 445 g/mol. The molecule has 6 heteroatoms. The minimum Gasteiger partial charge on any atom is -0.497 e. The summed E-state index contributed by atoms with van der Waals surface area (Å²) in [5.41, 5.74) is 1.30. The highest BCUT2D eigenvalue weighted by Gasteiger charge is 2.41. The lowest BCUT2D eigenvalue weighted by Gasteiger charge is -2.40. The molecule has 2 fully saturated rings. The van der Waals surface area contributed by atoms with Crippen molar-refractivity contribution in [1.82, 2.24) is 9.88 Å². The molecule has 1 aromatic heterocycles. The zero-order valence-electron chi connectivity index (χ0n) is 18.4. The highest BCUT2D eigenvalue weighted by Crippen LogP contribution is 2.39. The van der Waals surface area contributed by atoms with Gasteiger partial charge in [0.05, 0.1) is 23.1 Å². The number of carboxylic acids is 1. The van der Waals surface area contributed by atoms with Gasteiger partial charge in [-0.2, -0.15) is 0 Å². The molecule has 1 aromatic carbocycles. The van der Waals surface area contributed by atoms with Gasteiger partial charge in [0.15, 0.2) is 0 Å². The van der Waals surface area contributed by atoms with Crippen LogP contribution in [0.25, 0.3) is 10.9 Å². The molecule has 2 heterocycles. The lowest BCUT2D eigenvalue weighted by molar-refractivity contribution is -0.152. The summed E-state index contributed by atoms with van der Waals surface area (Å²) in [4.78, 5) is 19.2. The quantitative estimate of drug-likeness (QED) is 0.576. The first-order valence-electron chi connectivity index (χ1n) is 11.6. The van der Waals surface area contributed by atoms with Gasteiger partial charge in [0, 0.05) is 18.1 Å². The zero-order valence-corrected chi connectivity index (χ0v) is 19.2. The van der Waals surface area contributed by atoms with Crippen LogP contribution in [0, 0.1) is 11.3 Å². The number of hydrogen-bond acceptors (Lipinski definition) is 4. The van der Waals surface area contributed by atoms with Crippen LogP contribution >= 0.6 is 11.6 Å². The number of hydrogen-bond donors (Lipinski definition) is 1. The molecule has 2 aliphatic rings. The van der Waals surface area contributed by atoms with Crippen molar-refractivity contribution in [2.75, 3.05) is 26.7 Å². The number of ether oxygens (including phenoxy) is 1. The lowest BCUT2D eigenvalue weighted by Crippen LogP contribution is -2.45. The van der Waals surface area contributed by atoms with Gasteiger partial charge in [-0.15, -0.1) is 0 Å². The Morgan fingerprint density at radius 3 is 2.71 bits per heavy atom. The van der Waals surface area contributed by atoms with Crippen molar-refractivity contribution < 1.29 is 14.6 Å². The van der Waals surface area contributed by atoms with E-state index in [9.17, 15) is 9.90 Å². The number of fused-ring (bicyclic) bond motifs is 1. The molecule has 0 radical (unpaired) electrons. The Balaban J connectivity index is 1.40. The molecule has 1 aliphatic heterocycles. The molecule has 1 saturated heterocycles. The molecule has 31 heavy (non-hydrogen) atoms. The Hall–Kier alpha value is -1.85. The van der Waals surface area contributed by atoms with E-state index in [4.69, 9.17) is 16.3 Å². The maximum atomic E-state index is 12.3. The minimum atomic E-state index is -0.639. The predicted octanol–water partition coefficient (Wildman–Crippen LogP) is 5.58. The molecule has 0 spiro atoms. The first-order chi connectivity index (χ1) is 15.0. The molecular formula is C25H33ClN2O3. The maximum absolute atomic E-state index is 12.3. The lowest BCUT2D eigenvalue weighted by atomic mass is 9.74. The normalized spacial score (nSPS) is 19.7. The Kier molecular flexibility index (Phi) is 7.02. The third kappa shape index (κ3) is 4.98. The van der Waals surface area contributed by atoms with Gasteiger partial charge in [0.2, 0.25) is 0 Å². The second-order valence-electron chi connectivity index (χ2n) is 9.36. The van der Waals surface area contributed by atoms with Crippen LogP contribution in [0.1, 0.15) is 56.9 Å².